The second-order valence-corrected chi connectivity index (χ2v) is 5.50. The van der Waals surface area contributed by atoms with Crippen LogP contribution in [0.1, 0.15) is 24.1 Å². The van der Waals surface area contributed by atoms with Crippen LogP contribution in [0.5, 0.6) is 0 Å². The van der Waals surface area contributed by atoms with Crippen molar-refractivity contribution in [1.29, 1.82) is 0 Å². The molecule has 0 bridgehead atoms. The van der Waals surface area contributed by atoms with Gasteiger partial charge in [-0.2, -0.15) is 0 Å². The molecule has 3 atom stereocenters. The Bertz CT molecular complexity index is 597. The predicted octanol–water partition coefficient (Wildman–Crippen LogP) is 2.75. The molecule has 1 unspecified atom stereocenters. The van der Waals surface area contributed by atoms with Gasteiger partial charge in [-0.05, 0) is 18.1 Å². The summed E-state index contributed by atoms with van der Waals surface area (Å²) in [5.74, 6) is 0.127. The minimum atomic E-state index is 0.0175. The highest BCUT2D eigenvalue weighted by atomic mass is 16.2. The molecule has 21 heavy (non-hydrogen) atoms. The highest BCUT2D eigenvalue weighted by molar-refractivity contribution is 5.84. The summed E-state index contributed by atoms with van der Waals surface area (Å²) in [5, 5.41) is 3.02. The molecule has 108 valence electrons. The number of rotatable bonds is 5. The van der Waals surface area contributed by atoms with Gasteiger partial charge in [-0.15, -0.1) is 0 Å². The standard InChI is InChI=1S/C18H20N2O/c1-14(16-10-6-3-7-11-16)20-13-17(20)18(21)19-12-15-8-4-2-5-9-15/h2-11,14,17H,12-13H2,1H3,(H,19,21)/t14-,17-,20?/m1/s1. The third kappa shape index (κ3) is 3.31. The van der Waals surface area contributed by atoms with Gasteiger partial charge in [-0.1, -0.05) is 60.7 Å². The van der Waals surface area contributed by atoms with Gasteiger partial charge in [0.2, 0.25) is 5.91 Å². The van der Waals surface area contributed by atoms with E-state index in [1.54, 1.807) is 0 Å². The number of benzene rings is 2. The van der Waals surface area contributed by atoms with Crippen LogP contribution in [0, 0.1) is 0 Å². The first-order valence-electron chi connectivity index (χ1n) is 7.38. The summed E-state index contributed by atoms with van der Waals surface area (Å²) in [5.41, 5.74) is 2.39. The van der Waals surface area contributed by atoms with Crippen molar-refractivity contribution >= 4 is 5.91 Å². The fourth-order valence-corrected chi connectivity index (χ4v) is 2.64. The quantitative estimate of drug-likeness (QED) is 0.854. The van der Waals surface area contributed by atoms with E-state index in [0.29, 0.717) is 12.6 Å². The first-order chi connectivity index (χ1) is 10.3. The molecule has 2 aromatic rings. The van der Waals surface area contributed by atoms with Gasteiger partial charge in [-0.3, -0.25) is 9.69 Å². The fourth-order valence-electron chi connectivity index (χ4n) is 2.64. The van der Waals surface area contributed by atoms with Crippen LogP contribution in [0.4, 0.5) is 0 Å². The van der Waals surface area contributed by atoms with Crippen LogP contribution in [0.3, 0.4) is 0 Å². The van der Waals surface area contributed by atoms with Crippen LogP contribution < -0.4 is 5.32 Å². The number of amides is 1. The summed E-state index contributed by atoms with van der Waals surface area (Å²) in [7, 11) is 0. The molecule has 1 heterocycles. The maximum absolute atomic E-state index is 12.2. The van der Waals surface area contributed by atoms with E-state index in [1.807, 2.05) is 48.5 Å². The van der Waals surface area contributed by atoms with Crippen molar-refractivity contribution in [1.82, 2.24) is 10.2 Å². The zero-order valence-electron chi connectivity index (χ0n) is 12.2. The number of hydrogen-bond donors (Lipinski definition) is 1. The first kappa shape index (κ1) is 13.8. The zero-order valence-corrected chi connectivity index (χ0v) is 12.2. The van der Waals surface area contributed by atoms with Crippen LogP contribution >= 0.6 is 0 Å². The number of carbonyl (C=O) groups is 1. The van der Waals surface area contributed by atoms with Gasteiger partial charge in [0.05, 0.1) is 0 Å². The molecule has 0 saturated carbocycles. The zero-order chi connectivity index (χ0) is 14.7. The van der Waals surface area contributed by atoms with E-state index in [4.69, 9.17) is 0 Å². The Morgan fingerprint density at radius 3 is 2.43 bits per heavy atom. The Kier molecular flexibility index (Phi) is 4.02. The van der Waals surface area contributed by atoms with E-state index in [1.165, 1.54) is 5.56 Å². The summed E-state index contributed by atoms with van der Waals surface area (Å²) in [6.45, 7) is 3.60. The van der Waals surface area contributed by atoms with Gasteiger partial charge in [-0.25, -0.2) is 0 Å². The monoisotopic (exact) mass is 280 g/mol. The van der Waals surface area contributed by atoms with E-state index < -0.39 is 0 Å². The molecule has 1 amide bonds. The van der Waals surface area contributed by atoms with Crippen molar-refractivity contribution in [2.45, 2.75) is 25.6 Å². The highest BCUT2D eigenvalue weighted by Crippen LogP contribution is 2.31. The Morgan fingerprint density at radius 1 is 1.14 bits per heavy atom. The molecule has 3 rings (SSSR count). The molecule has 3 heteroatoms. The van der Waals surface area contributed by atoms with Crippen molar-refractivity contribution in [2.24, 2.45) is 0 Å². The van der Waals surface area contributed by atoms with E-state index >= 15 is 0 Å². The lowest BCUT2D eigenvalue weighted by molar-refractivity contribution is -0.121. The third-order valence-electron chi connectivity index (χ3n) is 4.04. The minimum absolute atomic E-state index is 0.0175. The van der Waals surface area contributed by atoms with E-state index in [2.05, 4.69) is 29.3 Å². The van der Waals surface area contributed by atoms with Gasteiger partial charge in [0.1, 0.15) is 6.04 Å². The molecule has 3 nitrogen and oxygen atoms in total. The van der Waals surface area contributed by atoms with Gasteiger partial charge >= 0.3 is 0 Å². The van der Waals surface area contributed by atoms with Crippen molar-refractivity contribution in [3.8, 4) is 0 Å². The fraction of sp³-hybridized carbons (Fsp3) is 0.278. The minimum Gasteiger partial charge on any atom is -0.351 e. The number of carbonyl (C=O) groups excluding carboxylic acids is 1. The molecule has 1 saturated heterocycles. The average molecular weight is 280 g/mol. The summed E-state index contributed by atoms with van der Waals surface area (Å²) in [6.07, 6.45) is 0. The van der Waals surface area contributed by atoms with Gasteiger partial charge < -0.3 is 5.32 Å². The molecule has 0 aliphatic carbocycles. The van der Waals surface area contributed by atoms with Crippen molar-refractivity contribution in [2.75, 3.05) is 6.54 Å². The summed E-state index contributed by atoms with van der Waals surface area (Å²) in [6, 6.07) is 20.6. The number of nitrogens with one attached hydrogen (secondary N) is 1. The lowest BCUT2D eigenvalue weighted by Gasteiger charge is -2.14. The second kappa shape index (κ2) is 6.10. The molecule has 1 fully saturated rings. The van der Waals surface area contributed by atoms with E-state index in [9.17, 15) is 4.79 Å². The van der Waals surface area contributed by atoms with Crippen LogP contribution in [0.2, 0.25) is 0 Å². The van der Waals surface area contributed by atoms with Gasteiger partial charge in [0, 0.05) is 19.1 Å². The molecule has 0 aromatic heterocycles. The summed E-state index contributed by atoms with van der Waals surface area (Å²) >= 11 is 0. The third-order valence-corrected chi connectivity index (χ3v) is 4.04. The van der Waals surface area contributed by atoms with Crippen LogP contribution in [-0.2, 0) is 11.3 Å². The molecular weight excluding hydrogens is 260 g/mol. The van der Waals surface area contributed by atoms with Crippen molar-refractivity contribution in [3.63, 3.8) is 0 Å². The second-order valence-electron chi connectivity index (χ2n) is 5.50. The summed E-state index contributed by atoms with van der Waals surface area (Å²) < 4.78 is 0. The topological polar surface area (TPSA) is 32.1 Å². The smallest absolute Gasteiger partial charge is 0.238 e. The Balaban J connectivity index is 1.52. The lowest BCUT2D eigenvalue weighted by Crippen LogP contribution is -2.30. The van der Waals surface area contributed by atoms with Gasteiger partial charge in [0.25, 0.3) is 0 Å². The molecular formula is C18H20N2O. The van der Waals surface area contributed by atoms with Crippen LogP contribution in [-0.4, -0.2) is 23.4 Å². The molecule has 1 aliphatic rings. The molecule has 0 spiro atoms. The summed E-state index contributed by atoms with van der Waals surface area (Å²) in [4.78, 5) is 14.4. The van der Waals surface area contributed by atoms with E-state index in [-0.39, 0.29) is 11.9 Å². The molecule has 0 radical (unpaired) electrons. The Labute approximate surface area is 125 Å². The van der Waals surface area contributed by atoms with Crippen LogP contribution in [0.25, 0.3) is 0 Å². The molecule has 2 aromatic carbocycles. The maximum atomic E-state index is 12.2. The largest absolute Gasteiger partial charge is 0.351 e. The normalized spacial score (nSPS) is 21.6. The SMILES string of the molecule is C[C@H](c1ccccc1)N1C[C@@H]1C(=O)NCc1ccccc1. The Morgan fingerprint density at radius 2 is 1.76 bits per heavy atom. The predicted molar refractivity (Wildman–Crippen MR) is 83.6 cm³/mol. The first-order valence-corrected chi connectivity index (χ1v) is 7.38. The van der Waals surface area contributed by atoms with Gasteiger partial charge in [0.15, 0.2) is 0 Å². The van der Waals surface area contributed by atoms with Crippen molar-refractivity contribution in [3.05, 3.63) is 71.8 Å². The lowest BCUT2D eigenvalue weighted by atomic mass is 10.1. The molecule has 1 N–H and O–H groups in total. The Hall–Kier alpha value is -2.13. The van der Waals surface area contributed by atoms with E-state index in [0.717, 1.165) is 12.1 Å². The molecule has 1 aliphatic heterocycles. The highest BCUT2D eigenvalue weighted by Gasteiger charge is 2.43. The van der Waals surface area contributed by atoms with Crippen molar-refractivity contribution < 1.29 is 4.79 Å². The number of hydrogen-bond acceptors (Lipinski definition) is 2. The average Bonchev–Trinajstić information content (AvgIpc) is 3.34. The number of nitrogens with zero attached hydrogens (tertiary/aromatic N) is 1. The van der Waals surface area contributed by atoms with Crippen LogP contribution in [0.15, 0.2) is 60.7 Å². The maximum Gasteiger partial charge on any atom is 0.238 e.